The van der Waals surface area contributed by atoms with Gasteiger partial charge in [0.05, 0.1) is 4.90 Å². The van der Waals surface area contributed by atoms with Crippen molar-refractivity contribution < 1.29 is 8.42 Å². The predicted molar refractivity (Wildman–Crippen MR) is 92.9 cm³/mol. The van der Waals surface area contributed by atoms with E-state index in [4.69, 9.17) is 0 Å². The molecular formula is C17H30N2O2S. The SMILES string of the molecule is Cc1cc(C)c(C)c(S(=O)(=O)NCC(C)(C)CN(C)C)c1C. The van der Waals surface area contributed by atoms with Crippen molar-refractivity contribution in [1.82, 2.24) is 9.62 Å². The van der Waals surface area contributed by atoms with Gasteiger partial charge in [0.25, 0.3) is 0 Å². The highest BCUT2D eigenvalue weighted by Crippen LogP contribution is 2.26. The summed E-state index contributed by atoms with van der Waals surface area (Å²) in [4.78, 5) is 2.51. The number of rotatable bonds is 6. The van der Waals surface area contributed by atoms with Crippen LogP contribution in [0, 0.1) is 33.1 Å². The van der Waals surface area contributed by atoms with Crippen molar-refractivity contribution in [3.05, 3.63) is 28.3 Å². The quantitative estimate of drug-likeness (QED) is 0.874. The maximum atomic E-state index is 12.8. The van der Waals surface area contributed by atoms with Crippen molar-refractivity contribution in [1.29, 1.82) is 0 Å². The highest BCUT2D eigenvalue weighted by atomic mass is 32.2. The predicted octanol–water partition coefficient (Wildman–Crippen LogP) is 2.79. The number of sulfonamides is 1. The van der Waals surface area contributed by atoms with Gasteiger partial charge in [0, 0.05) is 13.1 Å². The van der Waals surface area contributed by atoms with Crippen molar-refractivity contribution >= 4 is 10.0 Å². The van der Waals surface area contributed by atoms with Crippen LogP contribution in [0.2, 0.25) is 0 Å². The van der Waals surface area contributed by atoms with Crippen LogP contribution in [0.5, 0.6) is 0 Å². The molecule has 126 valence electrons. The number of aryl methyl sites for hydroxylation is 2. The third kappa shape index (κ3) is 4.54. The minimum absolute atomic E-state index is 0.128. The molecule has 0 aliphatic rings. The van der Waals surface area contributed by atoms with E-state index in [1.54, 1.807) is 0 Å². The Labute approximate surface area is 136 Å². The number of nitrogens with one attached hydrogen (secondary N) is 1. The highest BCUT2D eigenvalue weighted by Gasteiger charge is 2.26. The zero-order chi connectivity index (χ0) is 17.3. The first-order chi connectivity index (χ1) is 9.87. The molecule has 0 radical (unpaired) electrons. The molecule has 0 saturated heterocycles. The van der Waals surface area contributed by atoms with Crippen LogP contribution in [0.25, 0.3) is 0 Å². The number of benzene rings is 1. The molecule has 0 aromatic heterocycles. The summed E-state index contributed by atoms with van der Waals surface area (Å²) in [5, 5.41) is 0. The minimum Gasteiger partial charge on any atom is -0.309 e. The average Bonchev–Trinajstić information content (AvgIpc) is 2.33. The number of nitrogens with zero attached hydrogens (tertiary/aromatic N) is 1. The van der Waals surface area contributed by atoms with Gasteiger partial charge in [0.1, 0.15) is 0 Å². The van der Waals surface area contributed by atoms with Crippen molar-refractivity contribution in [2.75, 3.05) is 27.2 Å². The molecule has 0 aliphatic carbocycles. The van der Waals surface area contributed by atoms with Crippen molar-refractivity contribution in [2.45, 2.75) is 46.4 Å². The molecule has 0 bridgehead atoms. The van der Waals surface area contributed by atoms with Gasteiger partial charge in [-0.15, -0.1) is 0 Å². The summed E-state index contributed by atoms with van der Waals surface area (Å²) in [5.74, 6) is 0. The first-order valence-electron chi connectivity index (χ1n) is 7.59. The molecule has 1 aromatic carbocycles. The van der Waals surface area contributed by atoms with E-state index in [2.05, 4.69) is 23.5 Å². The van der Waals surface area contributed by atoms with E-state index in [9.17, 15) is 8.42 Å². The van der Waals surface area contributed by atoms with E-state index in [1.807, 2.05) is 47.9 Å². The van der Waals surface area contributed by atoms with E-state index in [-0.39, 0.29) is 5.41 Å². The Morgan fingerprint density at radius 2 is 1.50 bits per heavy atom. The van der Waals surface area contributed by atoms with Crippen LogP contribution in [-0.4, -0.2) is 40.5 Å². The Hall–Kier alpha value is -0.910. The third-order valence-corrected chi connectivity index (χ3v) is 5.73. The Balaban J connectivity index is 3.12. The fourth-order valence-corrected chi connectivity index (χ4v) is 4.71. The lowest BCUT2D eigenvalue weighted by molar-refractivity contribution is 0.242. The van der Waals surface area contributed by atoms with Crippen LogP contribution in [0.1, 0.15) is 36.1 Å². The Morgan fingerprint density at radius 1 is 1.05 bits per heavy atom. The zero-order valence-electron chi connectivity index (χ0n) is 15.2. The maximum Gasteiger partial charge on any atom is 0.241 e. The number of hydrogen-bond donors (Lipinski definition) is 1. The largest absolute Gasteiger partial charge is 0.309 e. The van der Waals surface area contributed by atoms with E-state index < -0.39 is 10.0 Å². The van der Waals surface area contributed by atoms with Gasteiger partial charge in [-0.05, 0) is 69.5 Å². The van der Waals surface area contributed by atoms with Gasteiger partial charge in [0.15, 0.2) is 0 Å². The number of hydrogen-bond acceptors (Lipinski definition) is 3. The summed E-state index contributed by atoms with van der Waals surface area (Å²) >= 11 is 0. The van der Waals surface area contributed by atoms with Crippen molar-refractivity contribution in [2.24, 2.45) is 5.41 Å². The lowest BCUT2D eigenvalue weighted by Crippen LogP contribution is -2.40. The maximum absolute atomic E-state index is 12.8. The summed E-state index contributed by atoms with van der Waals surface area (Å²) in [7, 11) is 0.485. The van der Waals surface area contributed by atoms with Crippen LogP contribution >= 0.6 is 0 Å². The Morgan fingerprint density at radius 3 is 1.91 bits per heavy atom. The fourth-order valence-electron chi connectivity index (χ4n) is 2.86. The Kier molecular flexibility index (Phi) is 5.82. The molecule has 0 heterocycles. The first kappa shape index (κ1) is 19.1. The second-order valence-corrected chi connectivity index (χ2v) is 9.02. The van der Waals surface area contributed by atoms with Gasteiger partial charge >= 0.3 is 0 Å². The van der Waals surface area contributed by atoms with Gasteiger partial charge < -0.3 is 4.90 Å². The molecular weight excluding hydrogens is 296 g/mol. The summed E-state index contributed by atoms with van der Waals surface area (Å²) in [6, 6.07) is 2.04. The average molecular weight is 327 g/mol. The molecule has 0 spiro atoms. The fraction of sp³-hybridized carbons (Fsp3) is 0.647. The van der Waals surface area contributed by atoms with E-state index >= 15 is 0 Å². The normalized spacial score (nSPS) is 13.0. The minimum atomic E-state index is -3.50. The summed E-state index contributed by atoms with van der Waals surface area (Å²) in [6.45, 7) is 13.0. The molecule has 1 rings (SSSR count). The highest BCUT2D eigenvalue weighted by molar-refractivity contribution is 7.89. The third-order valence-electron chi connectivity index (χ3n) is 4.05. The lowest BCUT2D eigenvalue weighted by Gasteiger charge is -2.28. The van der Waals surface area contributed by atoms with Crippen LogP contribution in [0.4, 0.5) is 0 Å². The van der Waals surface area contributed by atoms with Crippen LogP contribution < -0.4 is 4.72 Å². The molecule has 0 unspecified atom stereocenters. The monoisotopic (exact) mass is 326 g/mol. The second kappa shape index (κ2) is 6.69. The molecule has 22 heavy (non-hydrogen) atoms. The van der Waals surface area contributed by atoms with Gasteiger partial charge in [0.2, 0.25) is 10.0 Å². The van der Waals surface area contributed by atoms with Crippen molar-refractivity contribution in [3.63, 3.8) is 0 Å². The molecule has 0 aliphatic heterocycles. The molecule has 1 aromatic rings. The first-order valence-corrected chi connectivity index (χ1v) is 9.07. The van der Waals surface area contributed by atoms with Crippen LogP contribution in [0.3, 0.4) is 0 Å². The molecule has 0 fully saturated rings. The lowest BCUT2D eigenvalue weighted by atomic mass is 9.93. The zero-order valence-corrected chi connectivity index (χ0v) is 16.0. The Bertz CT molecular complexity index is 621. The smallest absolute Gasteiger partial charge is 0.241 e. The van der Waals surface area contributed by atoms with Gasteiger partial charge in [-0.3, -0.25) is 0 Å². The molecule has 0 atom stereocenters. The molecule has 0 saturated carbocycles. The summed E-state index contributed by atoms with van der Waals surface area (Å²) in [5.41, 5.74) is 3.56. The summed E-state index contributed by atoms with van der Waals surface area (Å²) < 4.78 is 28.4. The molecule has 4 nitrogen and oxygen atoms in total. The molecule has 5 heteroatoms. The topological polar surface area (TPSA) is 49.4 Å². The second-order valence-electron chi connectivity index (χ2n) is 7.32. The summed E-state index contributed by atoms with van der Waals surface area (Å²) in [6.07, 6.45) is 0. The van der Waals surface area contributed by atoms with E-state index in [0.29, 0.717) is 11.4 Å². The van der Waals surface area contributed by atoms with Gasteiger partial charge in [-0.1, -0.05) is 19.9 Å². The van der Waals surface area contributed by atoms with Gasteiger partial charge in [-0.2, -0.15) is 0 Å². The molecule has 1 N–H and O–H groups in total. The standard InChI is InChI=1S/C17H30N2O2S/c1-12-9-13(2)15(4)16(14(12)3)22(20,21)18-10-17(5,6)11-19(7)8/h9,18H,10-11H2,1-8H3. The molecule has 0 amide bonds. The van der Waals surface area contributed by atoms with Crippen molar-refractivity contribution in [3.8, 4) is 0 Å². The van der Waals surface area contributed by atoms with E-state index in [1.165, 1.54) is 0 Å². The van der Waals surface area contributed by atoms with Crippen LogP contribution in [-0.2, 0) is 10.0 Å². The van der Waals surface area contributed by atoms with Crippen LogP contribution in [0.15, 0.2) is 11.0 Å². The van der Waals surface area contributed by atoms with E-state index in [0.717, 1.165) is 28.8 Å². The van der Waals surface area contributed by atoms with Gasteiger partial charge in [-0.25, -0.2) is 13.1 Å².